The molecular weight excluding hydrogens is 212 g/mol. The van der Waals surface area contributed by atoms with E-state index >= 15 is 0 Å². The summed E-state index contributed by atoms with van der Waals surface area (Å²) in [6.07, 6.45) is 3.91. The van der Waals surface area contributed by atoms with Gasteiger partial charge in [0.25, 0.3) is 0 Å². The summed E-state index contributed by atoms with van der Waals surface area (Å²) in [5, 5.41) is 8.01. The molecule has 0 bridgehead atoms. The van der Waals surface area contributed by atoms with E-state index in [1.165, 1.54) is 0 Å². The second-order valence-electron chi connectivity index (χ2n) is 5.01. The molecule has 0 aliphatic rings. The van der Waals surface area contributed by atoms with Crippen LogP contribution in [0.15, 0.2) is 40.8 Å². The van der Waals surface area contributed by atoms with Crippen LogP contribution in [0, 0.1) is 5.41 Å². The van der Waals surface area contributed by atoms with Crippen molar-refractivity contribution in [1.29, 1.82) is 0 Å². The van der Waals surface area contributed by atoms with Crippen LogP contribution in [0.2, 0.25) is 0 Å². The van der Waals surface area contributed by atoms with Gasteiger partial charge in [0.15, 0.2) is 0 Å². The Morgan fingerprint density at radius 1 is 1.06 bits per heavy atom. The van der Waals surface area contributed by atoms with Gasteiger partial charge in [-0.25, -0.2) is 0 Å². The minimum absolute atomic E-state index is 0.112. The molecule has 3 nitrogen and oxygen atoms in total. The van der Waals surface area contributed by atoms with E-state index < -0.39 is 0 Å². The molecule has 0 unspecified atom stereocenters. The topological polar surface area (TPSA) is 38.9 Å². The van der Waals surface area contributed by atoms with Crippen LogP contribution >= 0.6 is 0 Å². The molecule has 0 fully saturated rings. The van der Waals surface area contributed by atoms with Crippen LogP contribution in [0.1, 0.15) is 26.7 Å². The number of rotatable bonds is 2. The highest BCUT2D eigenvalue weighted by atomic mass is 16.4. The van der Waals surface area contributed by atoms with Crippen LogP contribution in [0.4, 0.5) is 0 Å². The molecule has 0 N–H and O–H groups in total. The first-order chi connectivity index (χ1) is 8.04. The van der Waals surface area contributed by atoms with Gasteiger partial charge in [0.05, 0.1) is 0 Å². The normalized spacial score (nSPS) is 12.2. The van der Waals surface area contributed by atoms with E-state index in [9.17, 15) is 0 Å². The Bertz CT molecular complexity index is 507. The second-order valence-corrected chi connectivity index (χ2v) is 5.01. The molecule has 1 aromatic carbocycles. The highest BCUT2D eigenvalue weighted by molar-refractivity contribution is 5.53. The summed E-state index contributed by atoms with van der Waals surface area (Å²) in [6.45, 7) is 6.37. The summed E-state index contributed by atoms with van der Waals surface area (Å²) < 4.78 is 5.56. The zero-order chi connectivity index (χ0) is 12.3. The zero-order valence-corrected chi connectivity index (χ0v) is 10.3. The number of hydrogen-bond donors (Lipinski definition) is 0. The molecule has 0 saturated heterocycles. The molecule has 1 aromatic heterocycles. The van der Waals surface area contributed by atoms with Crippen LogP contribution in [0.3, 0.4) is 0 Å². The lowest BCUT2D eigenvalue weighted by atomic mass is 9.96. The molecule has 0 amide bonds. The molecule has 17 heavy (non-hydrogen) atoms. The van der Waals surface area contributed by atoms with Gasteiger partial charge in [0.2, 0.25) is 11.8 Å². The predicted octanol–water partition coefficient (Wildman–Crippen LogP) is 3.80. The predicted molar refractivity (Wildman–Crippen MR) is 68.2 cm³/mol. The van der Waals surface area contributed by atoms with E-state index in [-0.39, 0.29) is 5.41 Å². The Labute approximate surface area is 101 Å². The fourth-order valence-electron chi connectivity index (χ4n) is 1.32. The molecular formula is C14H16N2O. The average Bonchev–Trinajstić information content (AvgIpc) is 2.75. The molecule has 2 aromatic rings. The molecule has 0 aliphatic heterocycles. The van der Waals surface area contributed by atoms with Crippen LogP contribution in [-0.2, 0) is 0 Å². The summed E-state index contributed by atoms with van der Waals surface area (Å²) in [5.74, 6) is 1.10. The third-order valence-corrected chi connectivity index (χ3v) is 2.19. The Balaban J connectivity index is 2.20. The fourth-order valence-corrected chi connectivity index (χ4v) is 1.32. The third-order valence-electron chi connectivity index (χ3n) is 2.19. The number of nitrogens with zero attached hydrogens (tertiary/aromatic N) is 2. The standard InChI is InChI=1S/C14H16N2O/c1-14(2,3)10-9-12-15-16-13(17-12)11-7-5-4-6-8-11/h4-10H,1-3H3/b10-9+. The lowest BCUT2D eigenvalue weighted by Crippen LogP contribution is -1.97. The van der Waals surface area contributed by atoms with Crippen molar-refractivity contribution in [3.8, 4) is 11.5 Å². The summed E-state index contributed by atoms with van der Waals surface area (Å²) in [5.41, 5.74) is 1.05. The molecule has 0 radical (unpaired) electrons. The first kappa shape index (κ1) is 11.6. The van der Waals surface area contributed by atoms with Crippen LogP contribution in [0.5, 0.6) is 0 Å². The van der Waals surface area contributed by atoms with Gasteiger partial charge in [-0.15, -0.1) is 10.2 Å². The Kier molecular flexibility index (Phi) is 3.09. The number of hydrogen-bond acceptors (Lipinski definition) is 3. The average molecular weight is 228 g/mol. The fraction of sp³-hybridized carbons (Fsp3) is 0.286. The smallest absolute Gasteiger partial charge is 0.248 e. The van der Waals surface area contributed by atoms with Crippen LogP contribution in [-0.4, -0.2) is 10.2 Å². The minimum Gasteiger partial charge on any atom is -0.417 e. The van der Waals surface area contributed by atoms with Crippen molar-refractivity contribution < 1.29 is 4.42 Å². The third kappa shape index (κ3) is 3.28. The number of benzene rings is 1. The first-order valence-electron chi connectivity index (χ1n) is 5.63. The van der Waals surface area contributed by atoms with Crippen molar-refractivity contribution >= 4 is 6.08 Å². The van der Waals surface area contributed by atoms with E-state index in [4.69, 9.17) is 4.42 Å². The molecule has 3 heteroatoms. The van der Waals surface area contributed by atoms with Gasteiger partial charge in [-0.05, 0) is 23.6 Å². The van der Waals surface area contributed by atoms with Crippen molar-refractivity contribution in [2.75, 3.05) is 0 Å². The highest BCUT2D eigenvalue weighted by Crippen LogP contribution is 2.20. The molecule has 1 heterocycles. The van der Waals surface area contributed by atoms with E-state index in [1.807, 2.05) is 36.4 Å². The second kappa shape index (κ2) is 4.53. The van der Waals surface area contributed by atoms with Crippen molar-refractivity contribution in [1.82, 2.24) is 10.2 Å². The minimum atomic E-state index is 0.112. The first-order valence-corrected chi connectivity index (χ1v) is 5.63. The Hall–Kier alpha value is -1.90. The van der Waals surface area contributed by atoms with Gasteiger partial charge >= 0.3 is 0 Å². The van der Waals surface area contributed by atoms with Gasteiger partial charge < -0.3 is 4.42 Å². The molecule has 0 atom stereocenters. The molecule has 88 valence electrons. The molecule has 0 spiro atoms. The maximum Gasteiger partial charge on any atom is 0.248 e. The van der Waals surface area contributed by atoms with Crippen molar-refractivity contribution in [2.24, 2.45) is 5.41 Å². The Morgan fingerprint density at radius 2 is 1.76 bits per heavy atom. The highest BCUT2D eigenvalue weighted by Gasteiger charge is 2.08. The quantitative estimate of drug-likeness (QED) is 0.784. The van der Waals surface area contributed by atoms with E-state index in [0.29, 0.717) is 11.8 Å². The van der Waals surface area contributed by atoms with Gasteiger partial charge in [-0.2, -0.15) is 0 Å². The van der Waals surface area contributed by atoms with Crippen molar-refractivity contribution in [3.05, 3.63) is 42.3 Å². The summed E-state index contributed by atoms with van der Waals surface area (Å²) in [7, 11) is 0. The maximum absolute atomic E-state index is 5.56. The lowest BCUT2D eigenvalue weighted by molar-refractivity contribution is 0.536. The zero-order valence-electron chi connectivity index (χ0n) is 10.3. The van der Waals surface area contributed by atoms with E-state index in [2.05, 4.69) is 37.0 Å². The number of aromatic nitrogens is 2. The monoisotopic (exact) mass is 228 g/mol. The largest absolute Gasteiger partial charge is 0.417 e. The van der Waals surface area contributed by atoms with Crippen LogP contribution < -0.4 is 0 Å². The lowest BCUT2D eigenvalue weighted by Gasteiger charge is -2.09. The summed E-state index contributed by atoms with van der Waals surface area (Å²) in [4.78, 5) is 0. The summed E-state index contributed by atoms with van der Waals surface area (Å²) in [6, 6.07) is 9.75. The SMILES string of the molecule is CC(C)(C)/C=C/c1nnc(-c2ccccc2)o1. The molecule has 2 rings (SSSR count). The van der Waals surface area contributed by atoms with Crippen molar-refractivity contribution in [3.63, 3.8) is 0 Å². The van der Waals surface area contributed by atoms with E-state index in [0.717, 1.165) is 5.56 Å². The van der Waals surface area contributed by atoms with Gasteiger partial charge in [-0.3, -0.25) is 0 Å². The van der Waals surface area contributed by atoms with Crippen LogP contribution in [0.25, 0.3) is 17.5 Å². The van der Waals surface area contributed by atoms with Gasteiger partial charge in [0.1, 0.15) is 0 Å². The molecule has 0 aliphatic carbocycles. The van der Waals surface area contributed by atoms with E-state index in [1.54, 1.807) is 0 Å². The van der Waals surface area contributed by atoms with Gasteiger partial charge in [-0.1, -0.05) is 45.0 Å². The number of allylic oxidation sites excluding steroid dienone is 1. The van der Waals surface area contributed by atoms with Gasteiger partial charge in [0, 0.05) is 5.56 Å². The Morgan fingerprint density at radius 3 is 2.41 bits per heavy atom. The molecule has 0 saturated carbocycles. The van der Waals surface area contributed by atoms with Crippen molar-refractivity contribution in [2.45, 2.75) is 20.8 Å². The maximum atomic E-state index is 5.56. The summed E-state index contributed by atoms with van der Waals surface area (Å²) >= 11 is 0.